The molecule has 0 aliphatic carbocycles. The standard InChI is InChI=1S/C17H19N3O/c1-9-6-14-15(7-10(9)2)19-20(18-14)16-8-11(3)12(4)13(5)17(16)21/h6-8,21H,1-5H3. The van der Waals surface area contributed by atoms with Gasteiger partial charge in [0.1, 0.15) is 22.5 Å². The van der Waals surface area contributed by atoms with Gasteiger partial charge >= 0.3 is 0 Å². The van der Waals surface area contributed by atoms with Gasteiger partial charge in [0.15, 0.2) is 0 Å². The van der Waals surface area contributed by atoms with E-state index in [1.807, 2.05) is 39.0 Å². The zero-order valence-corrected chi connectivity index (χ0v) is 13.0. The highest BCUT2D eigenvalue weighted by molar-refractivity contribution is 5.76. The Balaban J connectivity index is 2.26. The van der Waals surface area contributed by atoms with Gasteiger partial charge in [-0.3, -0.25) is 0 Å². The third-order valence-electron chi connectivity index (χ3n) is 4.32. The van der Waals surface area contributed by atoms with E-state index in [0.717, 1.165) is 27.7 Å². The fourth-order valence-corrected chi connectivity index (χ4v) is 2.48. The van der Waals surface area contributed by atoms with Crippen LogP contribution in [0.5, 0.6) is 5.75 Å². The Morgan fingerprint density at radius 3 is 1.81 bits per heavy atom. The molecule has 0 atom stereocenters. The van der Waals surface area contributed by atoms with Crippen molar-refractivity contribution in [1.82, 2.24) is 15.0 Å². The number of nitrogens with zero attached hydrogens (tertiary/aromatic N) is 3. The number of phenolic OH excluding ortho intramolecular Hbond substituents is 1. The van der Waals surface area contributed by atoms with E-state index >= 15 is 0 Å². The molecule has 0 radical (unpaired) electrons. The lowest BCUT2D eigenvalue weighted by atomic mass is 10.0. The van der Waals surface area contributed by atoms with Crippen LogP contribution in [0.2, 0.25) is 0 Å². The lowest BCUT2D eigenvalue weighted by Gasteiger charge is -2.11. The van der Waals surface area contributed by atoms with E-state index < -0.39 is 0 Å². The SMILES string of the molecule is Cc1cc2nn(-c3cc(C)c(C)c(C)c3O)nc2cc1C. The van der Waals surface area contributed by atoms with Crippen LogP contribution >= 0.6 is 0 Å². The second-order valence-corrected chi connectivity index (χ2v) is 5.73. The Labute approximate surface area is 124 Å². The van der Waals surface area contributed by atoms with Crippen LogP contribution in [-0.4, -0.2) is 20.1 Å². The lowest BCUT2D eigenvalue weighted by molar-refractivity contribution is 0.463. The Morgan fingerprint density at radius 2 is 1.29 bits per heavy atom. The summed E-state index contributed by atoms with van der Waals surface area (Å²) >= 11 is 0. The van der Waals surface area contributed by atoms with Crippen LogP contribution in [-0.2, 0) is 0 Å². The first kappa shape index (κ1) is 13.6. The molecule has 0 amide bonds. The molecule has 0 unspecified atom stereocenters. The van der Waals surface area contributed by atoms with Crippen molar-refractivity contribution >= 4 is 11.0 Å². The van der Waals surface area contributed by atoms with E-state index in [0.29, 0.717) is 5.69 Å². The monoisotopic (exact) mass is 281 g/mol. The second-order valence-electron chi connectivity index (χ2n) is 5.73. The molecular formula is C17H19N3O. The molecule has 0 bridgehead atoms. The van der Waals surface area contributed by atoms with Crippen LogP contribution < -0.4 is 0 Å². The zero-order chi connectivity index (χ0) is 15.3. The third kappa shape index (κ3) is 2.07. The van der Waals surface area contributed by atoms with Gasteiger partial charge in [-0.1, -0.05) is 0 Å². The first-order valence-corrected chi connectivity index (χ1v) is 7.03. The molecular weight excluding hydrogens is 262 g/mol. The third-order valence-corrected chi connectivity index (χ3v) is 4.32. The highest BCUT2D eigenvalue weighted by atomic mass is 16.3. The van der Waals surface area contributed by atoms with Crippen molar-refractivity contribution in [3.05, 3.63) is 46.0 Å². The summed E-state index contributed by atoms with van der Waals surface area (Å²) in [6.07, 6.45) is 0. The Hall–Kier alpha value is -2.36. The summed E-state index contributed by atoms with van der Waals surface area (Å²) < 4.78 is 0. The number of fused-ring (bicyclic) bond motifs is 1. The van der Waals surface area contributed by atoms with E-state index in [1.165, 1.54) is 15.9 Å². The van der Waals surface area contributed by atoms with Gasteiger partial charge in [0.2, 0.25) is 0 Å². The van der Waals surface area contributed by atoms with Gasteiger partial charge in [-0.25, -0.2) is 0 Å². The maximum absolute atomic E-state index is 10.4. The summed E-state index contributed by atoms with van der Waals surface area (Å²) in [5.41, 5.74) is 7.78. The zero-order valence-electron chi connectivity index (χ0n) is 13.0. The maximum Gasteiger partial charge on any atom is 0.146 e. The largest absolute Gasteiger partial charge is 0.505 e. The number of hydrogen-bond donors (Lipinski definition) is 1. The van der Waals surface area contributed by atoms with Gasteiger partial charge in [0.25, 0.3) is 0 Å². The average Bonchev–Trinajstić information content (AvgIpc) is 2.83. The van der Waals surface area contributed by atoms with E-state index in [1.54, 1.807) is 0 Å². The quantitative estimate of drug-likeness (QED) is 0.740. The average molecular weight is 281 g/mol. The molecule has 108 valence electrons. The number of benzene rings is 2. The predicted molar refractivity (Wildman–Crippen MR) is 84.2 cm³/mol. The van der Waals surface area contributed by atoms with Crippen LogP contribution in [0.4, 0.5) is 0 Å². The van der Waals surface area contributed by atoms with E-state index in [9.17, 15) is 5.11 Å². The van der Waals surface area contributed by atoms with Crippen molar-refractivity contribution in [3.8, 4) is 11.4 Å². The predicted octanol–water partition coefficient (Wildman–Crippen LogP) is 3.67. The molecule has 1 N–H and O–H groups in total. The Morgan fingerprint density at radius 1 is 0.762 bits per heavy atom. The maximum atomic E-state index is 10.4. The van der Waals surface area contributed by atoms with Gasteiger partial charge in [0.05, 0.1) is 0 Å². The minimum Gasteiger partial charge on any atom is -0.505 e. The van der Waals surface area contributed by atoms with E-state index in [-0.39, 0.29) is 5.75 Å². The molecule has 0 saturated carbocycles. The smallest absolute Gasteiger partial charge is 0.146 e. The van der Waals surface area contributed by atoms with Crippen molar-refractivity contribution in [1.29, 1.82) is 0 Å². The first-order chi connectivity index (χ1) is 9.88. The van der Waals surface area contributed by atoms with E-state index in [2.05, 4.69) is 24.0 Å². The highest BCUT2D eigenvalue weighted by Gasteiger charge is 2.14. The fraction of sp³-hybridized carbons (Fsp3) is 0.294. The van der Waals surface area contributed by atoms with Crippen molar-refractivity contribution in [2.24, 2.45) is 0 Å². The minimum absolute atomic E-state index is 0.242. The Bertz CT molecular complexity index is 823. The van der Waals surface area contributed by atoms with Crippen LogP contribution in [0.25, 0.3) is 16.7 Å². The molecule has 0 aliphatic rings. The lowest BCUT2D eigenvalue weighted by Crippen LogP contribution is -2.02. The fourth-order valence-electron chi connectivity index (χ4n) is 2.48. The van der Waals surface area contributed by atoms with E-state index in [4.69, 9.17) is 0 Å². The molecule has 21 heavy (non-hydrogen) atoms. The summed E-state index contributed by atoms with van der Waals surface area (Å²) in [4.78, 5) is 1.53. The summed E-state index contributed by atoms with van der Waals surface area (Å²) in [5.74, 6) is 0.242. The molecule has 0 spiro atoms. The minimum atomic E-state index is 0.242. The highest BCUT2D eigenvalue weighted by Crippen LogP contribution is 2.30. The molecule has 3 rings (SSSR count). The van der Waals surface area contributed by atoms with Crippen LogP contribution in [0.3, 0.4) is 0 Å². The number of aromatic nitrogens is 3. The van der Waals surface area contributed by atoms with Crippen molar-refractivity contribution < 1.29 is 5.11 Å². The van der Waals surface area contributed by atoms with Crippen molar-refractivity contribution in [3.63, 3.8) is 0 Å². The first-order valence-electron chi connectivity index (χ1n) is 7.03. The number of hydrogen-bond acceptors (Lipinski definition) is 3. The van der Waals surface area contributed by atoms with Crippen LogP contribution in [0, 0.1) is 34.6 Å². The molecule has 3 aromatic rings. The summed E-state index contributed by atoms with van der Waals surface area (Å²) in [7, 11) is 0. The summed E-state index contributed by atoms with van der Waals surface area (Å²) in [6, 6.07) is 5.98. The number of aromatic hydroxyl groups is 1. The van der Waals surface area contributed by atoms with Gasteiger partial charge in [-0.05, 0) is 80.6 Å². The van der Waals surface area contributed by atoms with Crippen molar-refractivity contribution in [2.75, 3.05) is 0 Å². The molecule has 1 aromatic heterocycles. The molecule has 4 heteroatoms. The molecule has 1 heterocycles. The van der Waals surface area contributed by atoms with Crippen LogP contribution in [0.15, 0.2) is 18.2 Å². The number of aryl methyl sites for hydroxylation is 3. The van der Waals surface area contributed by atoms with Gasteiger partial charge in [-0.2, -0.15) is 0 Å². The molecule has 4 nitrogen and oxygen atoms in total. The summed E-state index contributed by atoms with van der Waals surface area (Å²) in [5, 5.41) is 19.4. The molecule has 0 fully saturated rings. The number of phenols is 1. The molecule has 2 aromatic carbocycles. The number of rotatable bonds is 1. The van der Waals surface area contributed by atoms with Gasteiger partial charge in [0, 0.05) is 0 Å². The molecule has 0 aliphatic heterocycles. The second kappa shape index (κ2) is 4.58. The van der Waals surface area contributed by atoms with Gasteiger partial charge in [-0.15, -0.1) is 15.0 Å². The molecule has 0 saturated heterocycles. The summed E-state index contributed by atoms with van der Waals surface area (Å²) in [6.45, 7) is 10.1. The van der Waals surface area contributed by atoms with Gasteiger partial charge < -0.3 is 5.11 Å². The Kier molecular flexibility index (Phi) is 2.97. The topological polar surface area (TPSA) is 50.9 Å². The van der Waals surface area contributed by atoms with Crippen molar-refractivity contribution in [2.45, 2.75) is 34.6 Å². The van der Waals surface area contributed by atoms with Crippen LogP contribution in [0.1, 0.15) is 27.8 Å². The normalized spacial score (nSPS) is 11.3.